The summed E-state index contributed by atoms with van der Waals surface area (Å²) in [4.78, 5) is 12.8. The van der Waals surface area contributed by atoms with Gasteiger partial charge in [0.1, 0.15) is 5.82 Å². The van der Waals surface area contributed by atoms with Crippen molar-refractivity contribution >= 4 is 6.29 Å². The topological polar surface area (TPSA) is 29.5 Å². The molecular formula is C12H14FNO2. The third-order valence-corrected chi connectivity index (χ3v) is 2.70. The van der Waals surface area contributed by atoms with Crippen molar-refractivity contribution in [1.29, 1.82) is 0 Å². The third kappa shape index (κ3) is 2.65. The van der Waals surface area contributed by atoms with Crippen LogP contribution in [0.3, 0.4) is 0 Å². The van der Waals surface area contributed by atoms with Crippen molar-refractivity contribution in [2.24, 2.45) is 0 Å². The van der Waals surface area contributed by atoms with Gasteiger partial charge in [0, 0.05) is 19.6 Å². The Balaban J connectivity index is 2.05. The average molecular weight is 223 g/mol. The Labute approximate surface area is 93.8 Å². The maximum Gasteiger partial charge on any atom is 0.153 e. The monoisotopic (exact) mass is 223 g/mol. The van der Waals surface area contributed by atoms with E-state index in [1.165, 1.54) is 6.07 Å². The van der Waals surface area contributed by atoms with Crippen LogP contribution in [0.4, 0.5) is 4.39 Å². The molecule has 1 saturated heterocycles. The van der Waals surface area contributed by atoms with Gasteiger partial charge in [0.05, 0.1) is 18.8 Å². The molecular weight excluding hydrogens is 209 g/mol. The summed E-state index contributed by atoms with van der Waals surface area (Å²) in [6, 6.07) is 4.68. The molecule has 1 fully saturated rings. The molecule has 1 aromatic carbocycles. The molecule has 0 spiro atoms. The summed E-state index contributed by atoms with van der Waals surface area (Å²) in [6.45, 7) is 3.98. The number of benzene rings is 1. The lowest BCUT2D eigenvalue weighted by Gasteiger charge is -2.26. The molecule has 1 heterocycles. The molecule has 0 unspecified atom stereocenters. The zero-order valence-corrected chi connectivity index (χ0v) is 8.99. The number of ether oxygens (including phenoxy) is 1. The lowest BCUT2D eigenvalue weighted by atomic mass is 10.1. The molecule has 0 amide bonds. The third-order valence-electron chi connectivity index (χ3n) is 2.70. The Morgan fingerprint density at radius 1 is 1.38 bits per heavy atom. The number of rotatable bonds is 3. The van der Waals surface area contributed by atoms with Gasteiger partial charge in [-0.15, -0.1) is 0 Å². The van der Waals surface area contributed by atoms with Gasteiger partial charge in [-0.05, 0) is 17.7 Å². The van der Waals surface area contributed by atoms with Crippen molar-refractivity contribution in [3.63, 3.8) is 0 Å². The highest BCUT2D eigenvalue weighted by Crippen LogP contribution is 2.11. The predicted molar refractivity (Wildman–Crippen MR) is 57.9 cm³/mol. The minimum atomic E-state index is -0.458. The molecule has 3 nitrogen and oxygen atoms in total. The minimum absolute atomic E-state index is 0.130. The second kappa shape index (κ2) is 5.18. The zero-order chi connectivity index (χ0) is 11.4. The van der Waals surface area contributed by atoms with Crippen molar-refractivity contribution in [1.82, 2.24) is 4.90 Å². The fourth-order valence-electron chi connectivity index (χ4n) is 1.80. The first-order chi connectivity index (χ1) is 7.79. The molecule has 1 aliphatic heterocycles. The summed E-state index contributed by atoms with van der Waals surface area (Å²) in [5.74, 6) is -0.458. The summed E-state index contributed by atoms with van der Waals surface area (Å²) in [5, 5.41) is 0. The van der Waals surface area contributed by atoms with E-state index < -0.39 is 5.82 Å². The van der Waals surface area contributed by atoms with Gasteiger partial charge in [0.15, 0.2) is 6.29 Å². The number of morpholine rings is 1. The van der Waals surface area contributed by atoms with Crippen molar-refractivity contribution in [2.75, 3.05) is 26.3 Å². The van der Waals surface area contributed by atoms with Crippen LogP contribution in [-0.2, 0) is 11.3 Å². The molecule has 0 bridgehead atoms. The maximum atomic E-state index is 13.1. The van der Waals surface area contributed by atoms with Crippen LogP contribution in [0.1, 0.15) is 15.9 Å². The lowest BCUT2D eigenvalue weighted by Crippen LogP contribution is -2.35. The first-order valence-corrected chi connectivity index (χ1v) is 5.33. The zero-order valence-electron chi connectivity index (χ0n) is 8.99. The highest BCUT2D eigenvalue weighted by molar-refractivity contribution is 5.75. The summed E-state index contributed by atoms with van der Waals surface area (Å²) in [7, 11) is 0. The van der Waals surface area contributed by atoms with Crippen molar-refractivity contribution < 1.29 is 13.9 Å². The molecule has 0 saturated carbocycles. The number of halogens is 1. The normalized spacial score (nSPS) is 17.3. The molecule has 86 valence electrons. The van der Waals surface area contributed by atoms with Gasteiger partial charge in [-0.1, -0.05) is 6.07 Å². The molecule has 0 radical (unpaired) electrons. The van der Waals surface area contributed by atoms with E-state index in [0.717, 1.165) is 38.4 Å². The van der Waals surface area contributed by atoms with Crippen LogP contribution in [0.2, 0.25) is 0 Å². The predicted octanol–water partition coefficient (Wildman–Crippen LogP) is 1.47. The number of nitrogens with zero attached hydrogens (tertiary/aromatic N) is 1. The van der Waals surface area contributed by atoms with Crippen molar-refractivity contribution in [2.45, 2.75) is 6.54 Å². The van der Waals surface area contributed by atoms with E-state index in [2.05, 4.69) is 4.90 Å². The Morgan fingerprint density at radius 2 is 2.12 bits per heavy atom. The average Bonchev–Trinajstić information content (AvgIpc) is 2.33. The number of carbonyl (C=O) groups is 1. The fourth-order valence-corrected chi connectivity index (χ4v) is 1.80. The highest BCUT2D eigenvalue weighted by Gasteiger charge is 2.11. The van der Waals surface area contributed by atoms with Crippen LogP contribution < -0.4 is 0 Å². The fraction of sp³-hybridized carbons (Fsp3) is 0.417. The van der Waals surface area contributed by atoms with Crippen LogP contribution in [0.5, 0.6) is 0 Å². The number of hydrogen-bond donors (Lipinski definition) is 0. The first-order valence-electron chi connectivity index (χ1n) is 5.33. The van der Waals surface area contributed by atoms with Gasteiger partial charge < -0.3 is 4.74 Å². The molecule has 2 rings (SSSR count). The van der Waals surface area contributed by atoms with Gasteiger partial charge in [0.2, 0.25) is 0 Å². The van der Waals surface area contributed by atoms with Crippen LogP contribution in [-0.4, -0.2) is 37.5 Å². The quantitative estimate of drug-likeness (QED) is 0.727. The Bertz CT molecular complexity index is 375. The van der Waals surface area contributed by atoms with Crippen LogP contribution in [0.15, 0.2) is 18.2 Å². The van der Waals surface area contributed by atoms with E-state index in [-0.39, 0.29) is 5.56 Å². The highest BCUT2D eigenvalue weighted by atomic mass is 19.1. The van der Waals surface area contributed by atoms with Gasteiger partial charge >= 0.3 is 0 Å². The van der Waals surface area contributed by atoms with E-state index in [4.69, 9.17) is 4.74 Å². The molecule has 1 aromatic rings. The molecule has 0 aromatic heterocycles. The largest absolute Gasteiger partial charge is 0.379 e. The molecule has 0 aliphatic carbocycles. The van der Waals surface area contributed by atoms with E-state index in [1.54, 1.807) is 12.1 Å². The Kier molecular flexibility index (Phi) is 3.64. The molecule has 1 aliphatic rings. The van der Waals surface area contributed by atoms with Crippen molar-refractivity contribution in [3.8, 4) is 0 Å². The summed E-state index contributed by atoms with van der Waals surface area (Å²) < 4.78 is 18.3. The summed E-state index contributed by atoms with van der Waals surface area (Å²) in [6.07, 6.45) is 0.554. The molecule has 0 N–H and O–H groups in total. The molecule has 0 atom stereocenters. The van der Waals surface area contributed by atoms with E-state index in [9.17, 15) is 9.18 Å². The lowest BCUT2D eigenvalue weighted by molar-refractivity contribution is 0.0341. The molecule has 16 heavy (non-hydrogen) atoms. The first kappa shape index (κ1) is 11.2. The standard InChI is InChI=1S/C12H14FNO2/c13-12-2-1-10(7-11(12)9-15)8-14-3-5-16-6-4-14/h1-2,7,9H,3-6,8H2. The van der Waals surface area contributed by atoms with Gasteiger partial charge in [-0.2, -0.15) is 0 Å². The van der Waals surface area contributed by atoms with Crippen LogP contribution in [0.25, 0.3) is 0 Å². The smallest absolute Gasteiger partial charge is 0.153 e. The van der Waals surface area contributed by atoms with E-state index in [1.807, 2.05) is 0 Å². The minimum Gasteiger partial charge on any atom is -0.379 e. The van der Waals surface area contributed by atoms with Gasteiger partial charge in [-0.3, -0.25) is 9.69 Å². The van der Waals surface area contributed by atoms with Gasteiger partial charge in [-0.25, -0.2) is 4.39 Å². The van der Waals surface area contributed by atoms with Crippen LogP contribution >= 0.6 is 0 Å². The maximum absolute atomic E-state index is 13.1. The number of aldehydes is 1. The summed E-state index contributed by atoms with van der Waals surface area (Å²) in [5.41, 5.74) is 1.09. The molecule has 4 heteroatoms. The number of carbonyl (C=O) groups excluding carboxylic acids is 1. The SMILES string of the molecule is O=Cc1cc(CN2CCOCC2)ccc1F. The summed E-state index contributed by atoms with van der Waals surface area (Å²) >= 11 is 0. The Hall–Kier alpha value is -1.26. The number of hydrogen-bond acceptors (Lipinski definition) is 3. The second-order valence-corrected chi connectivity index (χ2v) is 3.86. The van der Waals surface area contributed by atoms with Crippen molar-refractivity contribution in [3.05, 3.63) is 35.1 Å². The Morgan fingerprint density at radius 3 is 2.81 bits per heavy atom. The van der Waals surface area contributed by atoms with E-state index in [0.29, 0.717) is 6.29 Å². The van der Waals surface area contributed by atoms with E-state index >= 15 is 0 Å². The van der Waals surface area contributed by atoms with Crippen LogP contribution in [0, 0.1) is 5.82 Å². The van der Waals surface area contributed by atoms with Gasteiger partial charge in [0.25, 0.3) is 0 Å². The second-order valence-electron chi connectivity index (χ2n) is 3.86.